The summed E-state index contributed by atoms with van der Waals surface area (Å²) in [5.41, 5.74) is 2.38. The molecular weight excluding hydrogens is 176 g/mol. The summed E-state index contributed by atoms with van der Waals surface area (Å²) in [6, 6.07) is 0. The van der Waals surface area contributed by atoms with Gasteiger partial charge in [0.2, 0.25) is 0 Å². The molecule has 0 aliphatic heterocycles. The van der Waals surface area contributed by atoms with Gasteiger partial charge in [-0.15, -0.1) is 0 Å². The Labute approximate surface area is 74.9 Å². The number of rotatable bonds is 4. The van der Waals surface area contributed by atoms with Gasteiger partial charge >= 0.3 is 12.4 Å². The predicted molar refractivity (Wildman–Crippen MR) is 47.6 cm³/mol. The van der Waals surface area contributed by atoms with Gasteiger partial charge in [-0.3, -0.25) is 0 Å². The Morgan fingerprint density at radius 2 is 1.92 bits per heavy atom. The third-order valence-corrected chi connectivity index (χ3v) is 2.21. The molecule has 0 radical (unpaired) electrons. The van der Waals surface area contributed by atoms with Gasteiger partial charge in [0.15, 0.2) is 0 Å². The van der Waals surface area contributed by atoms with Gasteiger partial charge in [0.25, 0.3) is 0 Å². The molecule has 0 aliphatic rings. The fourth-order valence-electron chi connectivity index (χ4n) is 0.491. The zero-order valence-corrected chi connectivity index (χ0v) is 9.79. The first-order valence-electron chi connectivity index (χ1n) is 3.55. The van der Waals surface area contributed by atoms with Crippen molar-refractivity contribution < 1.29 is 19.0 Å². The quantitative estimate of drug-likeness (QED) is 0.256. The molecule has 0 saturated carbocycles. The van der Waals surface area contributed by atoms with Gasteiger partial charge in [-0.25, -0.2) is 4.79 Å². The summed E-state index contributed by atoms with van der Waals surface area (Å²) in [7, 11) is 3.64. The fraction of sp³-hybridized carbons (Fsp3) is 0.571. The molecule has 0 unspecified atom stereocenters. The fourth-order valence-corrected chi connectivity index (χ4v) is 0.726. The monoisotopic (exact) mass is 190 g/mol. The molecule has 0 saturated heterocycles. The SMILES string of the molecule is COC(OC)OC(=O)C(C)=C[SiH3]. The Kier molecular flexibility index (Phi) is 5.61. The van der Waals surface area contributed by atoms with Crippen molar-refractivity contribution in [1.29, 1.82) is 0 Å². The molecule has 4 nitrogen and oxygen atoms in total. The molecule has 0 amide bonds. The summed E-state index contributed by atoms with van der Waals surface area (Å²) >= 11 is 0. The van der Waals surface area contributed by atoms with E-state index in [-0.39, 0.29) is 0 Å². The zero-order chi connectivity index (χ0) is 9.56. The molecule has 5 heteroatoms. The largest absolute Gasteiger partial charge is 0.407 e. The number of hydrogen-bond acceptors (Lipinski definition) is 4. The summed E-state index contributed by atoms with van der Waals surface area (Å²) in [6.07, 6.45) is 0. The number of hydrogen-bond donors (Lipinski definition) is 0. The van der Waals surface area contributed by atoms with Crippen molar-refractivity contribution in [3.8, 4) is 0 Å². The van der Waals surface area contributed by atoms with Crippen LogP contribution in [-0.2, 0) is 19.0 Å². The molecule has 0 aromatic rings. The topological polar surface area (TPSA) is 44.8 Å². The first-order chi connectivity index (χ1) is 5.65. The maximum absolute atomic E-state index is 11.1. The van der Waals surface area contributed by atoms with Crippen LogP contribution in [0.3, 0.4) is 0 Å². The second-order valence-electron chi connectivity index (χ2n) is 2.14. The summed E-state index contributed by atoms with van der Waals surface area (Å²) in [6.45, 7) is 0.784. The standard InChI is InChI=1S/C7H14O4Si/c1-5(4-12)6(8)11-7(9-2)10-3/h4,7H,1-3,12H3. The lowest BCUT2D eigenvalue weighted by atomic mass is 10.4. The molecule has 0 rings (SSSR count). The average molecular weight is 190 g/mol. The molecular formula is C7H14O4Si. The molecule has 0 atom stereocenters. The third kappa shape index (κ3) is 3.66. The first kappa shape index (κ1) is 11.3. The van der Waals surface area contributed by atoms with Gasteiger partial charge in [0.1, 0.15) is 0 Å². The van der Waals surface area contributed by atoms with Gasteiger partial charge in [-0.05, 0) is 6.92 Å². The predicted octanol–water partition coefficient (Wildman–Crippen LogP) is -0.625. The second kappa shape index (κ2) is 5.93. The Morgan fingerprint density at radius 1 is 1.42 bits per heavy atom. The minimum Gasteiger partial charge on any atom is -0.407 e. The number of esters is 1. The Balaban J connectivity index is 3.98. The third-order valence-electron chi connectivity index (χ3n) is 1.34. The Morgan fingerprint density at radius 3 is 2.25 bits per heavy atom. The molecule has 0 aliphatic carbocycles. The van der Waals surface area contributed by atoms with Crippen LogP contribution in [0.1, 0.15) is 6.92 Å². The van der Waals surface area contributed by atoms with E-state index in [2.05, 4.69) is 9.47 Å². The highest BCUT2D eigenvalue weighted by Gasteiger charge is 2.12. The van der Waals surface area contributed by atoms with Crippen molar-refractivity contribution >= 4 is 16.2 Å². The van der Waals surface area contributed by atoms with E-state index in [1.54, 1.807) is 12.6 Å². The summed E-state index contributed by atoms with van der Waals surface area (Å²) in [5.74, 6) is -0.404. The van der Waals surface area contributed by atoms with Crippen LogP contribution in [0.25, 0.3) is 0 Å². The van der Waals surface area contributed by atoms with Gasteiger partial charge < -0.3 is 14.2 Å². The summed E-state index contributed by atoms with van der Waals surface area (Å²) in [5, 5.41) is 0. The van der Waals surface area contributed by atoms with E-state index in [1.165, 1.54) is 14.2 Å². The molecule has 0 N–H and O–H groups in total. The summed E-state index contributed by atoms with van der Waals surface area (Å²) < 4.78 is 14.1. The lowest BCUT2D eigenvalue weighted by molar-refractivity contribution is -0.252. The van der Waals surface area contributed by atoms with Crippen molar-refractivity contribution in [3.05, 3.63) is 11.3 Å². The molecule has 0 spiro atoms. The zero-order valence-electron chi connectivity index (χ0n) is 7.79. The van der Waals surface area contributed by atoms with Crippen molar-refractivity contribution in [2.75, 3.05) is 14.2 Å². The van der Waals surface area contributed by atoms with Gasteiger partial charge in [0.05, 0.1) is 0 Å². The van der Waals surface area contributed by atoms with Crippen LogP contribution in [0.2, 0.25) is 0 Å². The van der Waals surface area contributed by atoms with Crippen molar-refractivity contribution in [3.63, 3.8) is 0 Å². The highest BCUT2D eigenvalue weighted by molar-refractivity contribution is 6.19. The first-order valence-corrected chi connectivity index (χ1v) is 4.70. The smallest absolute Gasteiger partial charge is 0.337 e. The van der Waals surface area contributed by atoms with Gasteiger partial charge in [0, 0.05) is 30.0 Å². The van der Waals surface area contributed by atoms with Crippen molar-refractivity contribution in [2.45, 2.75) is 13.4 Å². The number of ether oxygens (including phenoxy) is 3. The highest BCUT2D eigenvalue weighted by atomic mass is 28.1. The number of carbonyl (C=O) groups excluding carboxylic acids is 1. The van der Waals surface area contributed by atoms with E-state index >= 15 is 0 Å². The molecule has 12 heavy (non-hydrogen) atoms. The van der Waals surface area contributed by atoms with Crippen molar-refractivity contribution in [2.24, 2.45) is 0 Å². The highest BCUT2D eigenvalue weighted by Crippen LogP contribution is 2.00. The van der Waals surface area contributed by atoms with Crippen LogP contribution in [0.5, 0.6) is 0 Å². The average Bonchev–Trinajstić information content (AvgIpc) is 2.12. The normalized spacial score (nSPS) is 12.2. The van der Waals surface area contributed by atoms with Gasteiger partial charge in [-0.1, -0.05) is 5.70 Å². The lowest BCUT2D eigenvalue weighted by Gasteiger charge is -2.13. The molecule has 70 valence electrons. The lowest BCUT2D eigenvalue weighted by Crippen LogP contribution is -2.22. The molecule has 0 bridgehead atoms. The molecule has 0 fully saturated rings. The maximum Gasteiger partial charge on any atom is 0.337 e. The minimum absolute atomic E-state index is 0.404. The van der Waals surface area contributed by atoms with Crippen LogP contribution in [0.15, 0.2) is 11.3 Å². The van der Waals surface area contributed by atoms with Gasteiger partial charge in [-0.2, -0.15) is 0 Å². The second-order valence-corrected chi connectivity index (χ2v) is 2.71. The Hall–Kier alpha value is -0.653. The van der Waals surface area contributed by atoms with E-state index in [4.69, 9.17) is 4.74 Å². The van der Waals surface area contributed by atoms with Crippen LogP contribution in [-0.4, -0.2) is 36.9 Å². The van der Waals surface area contributed by atoms with E-state index in [9.17, 15) is 4.79 Å². The van der Waals surface area contributed by atoms with E-state index in [0.717, 1.165) is 10.2 Å². The summed E-state index contributed by atoms with van der Waals surface area (Å²) in [4.78, 5) is 11.1. The van der Waals surface area contributed by atoms with Crippen LogP contribution < -0.4 is 0 Å². The minimum atomic E-state index is -0.908. The molecule has 0 aromatic carbocycles. The van der Waals surface area contributed by atoms with E-state index in [1.807, 2.05) is 0 Å². The van der Waals surface area contributed by atoms with Crippen LogP contribution in [0, 0.1) is 0 Å². The number of carbonyl (C=O) groups is 1. The van der Waals surface area contributed by atoms with E-state index in [0.29, 0.717) is 5.57 Å². The molecule has 0 heterocycles. The van der Waals surface area contributed by atoms with E-state index < -0.39 is 12.4 Å². The number of methoxy groups -OCH3 is 2. The Bertz CT molecular complexity index is 174. The van der Waals surface area contributed by atoms with Crippen LogP contribution in [0.4, 0.5) is 0 Å². The maximum atomic E-state index is 11.1. The van der Waals surface area contributed by atoms with Crippen LogP contribution >= 0.6 is 0 Å². The van der Waals surface area contributed by atoms with Crippen molar-refractivity contribution in [1.82, 2.24) is 0 Å². The molecule has 0 aromatic heterocycles.